The molecular formula is C13H23NO3. The molecule has 98 valence electrons. The summed E-state index contributed by atoms with van der Waals surface area (Å²) in [6, 6.07) is 0.721. The second-order valence-electron chi connectivity index (χ2n) is 6.12. The zero-order valence-corrected chi connectivity index (χ0v) is 10.9. The first-order valence-electron chi connectivity index (χ1n) is 6.52. The number of aliphatic hydroxyl groups is 1. The molecule has 17 heavy (non-hydrogen) atoms. The van der Waals surface area contributed by atoms with E-state index in [-0.39, 0.29) is 5.92 Å². The van der Waals surface area contributed by atoms with Gasteiger partial charge in [-0.05, 0) is 38.6 Å². The van der Waals surface area contributed by atoms with Crippen molar-refractivity contribution in [2.75, 3.05) is 7.05 Å². The second-order valence-corrected chi connectivity index (χ2v) is 6.12. The van der Waals surface area contributed by atoms with Gasteiger partial charge in [-0.1, -0.05) is 13.8 Å². The van der Waals surface area contributed by atoms with Crippen LogP contribution in [0.3, 0.4) is 0 Å². The summed E-state index contributed by atoms with van der Waals surface area (Å²) in [6.07, 6.45) is 3.39. The third-order valence-electron chi connectivity index (χ3n) is 4.67. The van der Waals surface area contributed by atoms with Gasteiger partial charge in [0.25, 0.3) is 0 Å². The molecular weight excluding hydrogens is 218 g/mol. The van der Waals surface area contributed by atoms with E-state index < -0.39 is 17.5 Å². The molecule has 0 aliphatic carbocycles. The maximum Gasteiger partial charge on any atom is 0.309 e. The Balaban J connectivity index is 2.22. The Kier molecular flexibility index (Phi) is 3.21. The Bertz CT molecular complexity index is 302. The van der Waals surface area contributed by atoms with Crippen LogP contribution in [-0.2, 0) is 4.79 Å². The van der Waals surface area contributed by atoms with Crippen molar-refractivity contribution in [2.45, 2.75) is 57.2 Å². The van der Waals surface area contributed by atoms with Crippen molar-refractivity contribution in [1.82, 2.24) is 4.90 Å². The molecule has 0 saturated carbocycles. The number of carboxylic acid groups (broad SMARTS) is 1. The van der Waals surface area contributed by atoms with Gasteiger partial charge in [-0.3, -0.25) is 4.79 Å². The number of rotatable bonds is 3. The third-order valence-corrected chi connectivity index (χ3v) is 4.67. The number of carboxylic acids is 1. The van der Waals surface area contributed by atoms with E-state index in [9.17, 15) is 15.0 Å². The number of nitrogens with zero attached hydrogens (tertiary/aromatic N) is 1. The van der Waals surface area contributed by atoms with Crippen LogP contribution in [0.25, 0.3) is 0 Å². The standard InChI is InChI=1S/C13H23NO3/c1-8(2)11(12(15)16)13(17)6-9-4-5-10(7-13)14(9)3/h8-11,17H,4-7H2,1-3H3,(H,15,16). The van der Waals surface area contributed by atoms with E-state index in [1.165, 1.54) is 0 Å². The molecule has 0 aromatic heterocycles. The molecule has 0 amide bonds. The summed E-state index contributed by atoms with van der Waals surface area (Å²) < 4.78 is 0. The minimum Gasteiger partial charge on any atom is -0.481 e. The molecule has 2 saturated heterocycles. The lowest BCUT2D eigenvalue weighted by atomic mass is 9.72. The van der Waals surface area contributed by atoms with Crippen LogP contribution in [0.5, 0.6) is 0 Å². The van der Waals surface area contributed by atoms with E-state index >= 15 is 0 Å². The van der Waals surface area contributed by atoms with Crippen molar-refractivity contribution in [1.29, 1.82) is 0 Å². The molecule has 0 radical (unpaired) electrons. The summed E-state index contributed by atoms with van der Waals surface area (Å²) in [4.78, 5) is 13.7. The Hall–Kier alpha value is -0.610. The molecule has 2 heterocycles. The Morgan fingerprint density at radius 2 is 1.76 bits per heavy atom. The third kappa shape index (κ3) is 2.08. The molecule has 2 aliphatic rings. The number of carbonyl (C=O) groups is 1. The molecule has 4 heteroatoms. The Morgan fingerprint density at radius 3 is 2.12 bits per heavy atom. The number of aliphatic carboxylic acids is 1. The summed E-state index contributed by atoms with van der Waals surface area (Å²) in [5, 5.41) is 20.1. The number of hydrogen-bond donors (Lipinski definition) is 2. The SMILES string of the molecule is CC(C)C(C(=O)O)C1(O)CC2CCC(C1)N2C. The predicted octanol–water partition coefficient (Wildman–Crippen LogP) is 1.33. The quantitative estimate of drug-likeness (QED) is 0.782. The lowest BCUT2D eigenvalue weighted by Gasteiger charge is -2.45. The largest absolute Gasteiger partial charge is 0.481 e. The molecule has 2 aliphatic heterocycles. The van der Waals surface area contributed by atoms with Gasteiger partial charge in [0.1, 0.15) is 0 Å². The van der Waals surface area contributed by atoms with Crippen molar-refractivity contribution in [3.05, 3.63) is 0 Å². The summed E-state index contributed by atoms with van der Waals surface area (Å²) in [7, 11) is 2.09. The number of piperidine rings is 1. The first kappa shape index (κ1) is 12.8. The fourth-order valence-corrected chi connectivity index (χ4v) is 3.87. The molecule has 2 rings (SSSR count). The first-order valence-corrected chi connectivity index (χ1v) is 6.52. The van der Waals surface area contributed by atoms with Crippen molar-refractivity contribution >= 4 is 5.97 Å². The van der Waals surface area contributed by atoms with Gasteiger partial charge in [0.05, 0.1) is 11.5 Å². The first-order chi connectivity index (χ1) is 7.85. The van der Waals surface area contributed by atoms with Gasteiger partial charge >= 0.3 is 5.97 Å². The van der Waals surface area contributed by atoms with Gasteiger partial charge in [-0.25, -0.2) is 0 Å². The minimum absolute atomic E-state index is 0.0275. The van der Waals surface area contributed by atoms with Crippen LogP contribution in [0.15, 0.2) is 0 Å². The maximum absolute atomic E-state index is 11.4. The highest BCUT2D eigenvalue weighted by atomic mass is 16.4. The van der Waals surface area contributed by atoms with E-state index in [1.807, 2.05) is 13.8 Å². The van der Waals surface area contributed by atoms with Crippen molar-refractivity contribution in [3.63, 3.8) is 0 Å². The smallest absolute Gasteiger partial charge is 0.309 e. The normalized spacial score (nSPS) is 39.6. The topological polar surface area (TPSA) is 60.8 Å². The summed E-state index contributed by atoms with van der Waals surface area (Å²) in [5.74, 6) is -1.52. The van der Waals surface area contributed by atoms with Gasteiger partial charge in [0, 0.05) is 12.1 Å². The van der Waals surface area contributed by atoms with Gasteiger partial charge < -0.3 is 15.1 Å². The molecule has 2 fully saturated rings. The molecule has 2 bridgehead atoms. The lowest BCUT2D eigenvalue weighted by molar-refractivity contribution is -0.163. The fourth-order valence-electron chi connectivity index (χ4n) is 3.87. The summed E-state index contributed by atoms with van der Waals surface area (Å²) in [5.41, 5.74) is -1.02. The van der Waals surface area contributed by atoms with Crippen molar-refractivity contribution in [3.8, 4) is 0 Å². The minimum atomic E-state index is -1.02. The monoisotopic (exact) mass is 241 g/mol. The van der Waals surface area contributed by atoms with Crippen molar-refractivity contribution in [2.24, 2.45) is 11.8 Å². The van der Waals surface area contributed by atoms with Gasteiger partial charge in [0.15, 0.2) is 0 Å². The Labute approximate surface area is 103 Å². The molecule has 0 aromatic carbocycles. The van der Waals surface area contributed by atoms with Crippen LogP contribution in [0.2, 0.25) is 0 Å². The highest BCUT2D eigenvalue weighted by Crippen LogP contribution is 2.45. The van der Waals surface area contributed by atoms with Crippen LogP contribution in [0.1, 0.15) is 39.5 Å². The van der Waals surface area contributed by atoms with Crippen LogP contribution in [0.4, 0.5) is 0 Å². The van der Waals surface area contributed by atoms with Crippen molar-refractivity contribution < 1.29 is 15.0 Å². The van der Waals surface area contributed by atoms with E-state index in [4.69, 9.17) is 0 Å². The van der Waals surface area contributed by atoms with Gasteiger partial charge in [-0.15, -0.1) is 0 Å². The van der Waals surface area contributed by atoms with Crippen LogP contribution in [-0.4, -0.2) is 45.8 Å². The number of hydrogen-bond acceptors (Lipinski definition) is 3. The van der Waals surface area contributed by atoms with Crippen LogP contribution < -0.4 is 0 Å². The van der Waals surface area contributed by atoms with E-state index in [0.717, 1.165) is 12.8 Å². The number of fused-ring (bicyclic) bond motifs is 2. The summed E-state index contributed by atoms with van der Waals surface area (Å²) >= 11 is 0. The Morgan fingerprint density at radius 1 is 1.29 bits per heavy atom. The van der Waals surface area contributed by atoms with E-state index in [0.29, 0.717) is 24.9 Å². The molecule has 0 spiro atoms. The molecule has 0 aromatic rings. The molecule has 3 atom stereocenters. The zero-order chi connectivity index (χ0) is 12.8. The highest BCUT2D eigenvalue weighted by molar-refractivity contribution is 5.72. The fraction of sp³-hybridized carbons (Fsp3) is 0.923. The van der Waals surface area contributed by atoms with Gasteiger partial charge in [-0.2, -0.15) is 0 Å². The zero-order valence-electron chi connectivity index (χ0n) is 10.9. The summed E-state index contributed by atoms with van der Waals surface area (Å²) in [6.45, 7) is 3.77. The molecule has 4 nitrogen and oxygen atoms in total. The average molecular weight is 241 g/mol. The molecule has 3 unspecified atom stereocenters. The van der Waals surface area contributed by atoms with E-state index in [2.05, 4.69) is 11.9 Å². The second kappa shape index (κ2) is 4.25. The lowest BCUT2D eigenvalue weighted by Crippen LogP contribution is -2.55. The predicted molar refractivity (Wildman–Crippen MR) is 64.7 cm³/mol. The van der Waals surface area contributed by atoms with Crippen LogP contribution >= 0.6 is 0 Å². The maximum atomic E-state index is 11.4. The van der Waals surface area contributed by atoms with Gasteiger partial charge in [0.2, 0.25) is 0 Å². The van der Waals surface area contributed by atoms with E-state index in [1.54, 1.807) is 0 Å². The van der Waals surface area contributed by atoms with Crippen LogP contribution in [0, 0.1) is 11.8 Å². The average Bonchev–Trinajstić information content (AvgIpc) is 2.44. The molecule has 2 N–H and O–H groups in total. The highest BCUT2D eigenvalue weighted by Gasteiger charge is 2.52.